The maximum atomic E-state index is 13.2. The molecule has 200 valence electrons. The topological polar surface area (TPSA) is 110 Å². The average Bonchev–Trinajstić information content (AvgIpc) is 3.54. The van der Waals surface area contributed by atoms with E-state index in [9.17, 15) is 35.9 Å². The van der Waals surface area contributed by atoms with Crippen molar-refractivity contribution < 1.29 is 50.1 Å². The summed E-state index contributed by atoms with van der Waals surface area (Å²) in [5.74, 6) is -2.08. The number of thiocarbonyl (C=S) groups is 1. The Morgan fingerprint density at radius 3 is 2.34 bits per heavy atom. The number of thioether (sulfide) groups is 1. The van der Waals surface area contributed by atoms with Gasteiger partial charge in [0.1, 0.15) is 21.5 Å². The molecule has 1 N–H and O–H groups in total. The van der Waals surface area contributed by atoms with Gasteiger partial charge in [-0.2, -0.15) is 26.3 Å². The van der Waals surface area contributed by atoms with E-state index < -0.39 is 40.9 Å². The largest absolute Gasteiger partial charge is 0.476 e. The Bertz CT molecular complexity index is 1410. The lowest BCUT2D eigenvalue weighted by Crippen LogP contribution is -2.29. The summed E-state index contributed by atoms with van der Waals surface area (Å²) in [6.07, 6.45) is -8.35. The number of carboxylic acids is 1. The molecule has 1 saturated heterocycles. The number of benzene rings is 1. The lowest BCUT2D eigenvalue weighted by Gasteiger charge is -2.13. The van der Waals surface area contributed by atoms with Crippen LogP contribution in [0.1, 0.15) is 39.5 Å². The second kappa shape index (κ2) is 10.2. The molecular weight excluding hydrogens is 564 g/mol. The smallest absolute Gasteiger partial charge is 0.416 e. The number of carbonyl (C=O) groups excluding carboxylic acids is 1. The van der Waals surface area contributed by atoms with Crippen molar-refractivity contribution in [3.8, 4) is 11.3 Å². The van der Waals surface area contributed by atoms with Gasteiger partial charge in [0.2, 0.25) is 5.69 Å². The minimum absolute atomic E-state index is 0.00578. The van der Waals surface area contributed by atoms with Crippen molar-refractivity contribution in [2.75, 3.05) is 6.54 Å². The predicted octanol–water partition coefficient (Wildman–Crippen LogP) is 5.90. The molecule has 0 atom stereocenters. The highest BCUT2D eigenvalue weighted by Gasteiger charge is 2.37. The van der Waals surface area contributed by atoms with Crippen LogP contribution in [0.25, 0.3) is 17.4 Å². The molecule has 0 bridgehead atoms. The lowest BCUT2D eigenvalue weighted by molar-refractivity contribution is -0.143. The summed E-state index contributed by atoms with van der Waals surface area (Å²) in [5.41, 5.74) is -3.66. The van der Waals surface area contributed by atoms with Crippen LogP contribution in [0.4, 0.5) is 26.3 Å². The Labute approximate surface area is 218 Å². The van der Waals surface area contributed by atoms with Gasteiger partial charge in [0.25, 0.3) is 5.91 Å². The van der Waals surface area contributed by atoms with Crippen LogP contribution in [0.2, 0.25) is 0 Å². The average molecular weight is 577 g/mol. The minimum atomic E-state index is -5.02. The Morgan fingerprint density at radius 1 is 1.08 bits per heavy atom. The van der Waals surface area contributed by atoms with Gasteiger partial charge in [0, 0.05) is 18.2 Å². The molecule has 2 aromatic heterocycles. The van der Waals surface area contributed by atoms with Gasteiger partial charge >= 0.3 is 18.3 Å². The van der Waals surface area contributed by atoms with Crippen molar-refractivity contribution in [2.24, 2.45) is 0 Å². The van der Waals surface area contributed by atoms with E-state index in [4.69, 9.17) is 21.7 Å². The summed E-state index contributed by atoms with van der Waals surface area (Å²) in [5, 5.41) is 15.8. The van der Waals surface area contributed by atoms with Gasteiger partial charge in [-0.05, 0) is 48.3 Å². The Kier molecular flexibility index (Phi) is 7.38. The van der Waals surface area contributed by atoms with Gasteiger partial charge in [0.15, 0.2) is 0 Å². The molecule has 8 nitrogen and oxygen atoms in total. The van der Waals surface area contributed by atoms with Gasteiger partial charge < -0.3 is 9.52 Å². The molecule has 0 aliphatic carbocycles. The zero-order valence-electron chi connectivity index (χ0n) is 18.6. The van der Waals surface area contributed by atoms with E-state index in [0.29, 0.717) is 12.1 Å². The first-order valence-corrected chi connectivity index (χ1v) is 11.7. The van der Waals surface area contributed by atoms with Gasteiger partial charge in [-0.3, -0.25) is 9.69 Å². The second-order valence-electron chi connectivity index (χ2n) is 7.80. The summed E-state index contributed by atoms with van der Waals surface area (Å²) in [4.78, 5) is 25.2. The van der Waals surface area contributed by atoms with E-state index in [-0.39, 0.29) is 57.6 Å². The number of hydrogen-bond acceptors (Lipinski definition) is 8. The standard InChI is InChI=1S/C22H13F6N3O5S2/c23-21(24,25)11-6-10(7-12(8-11)22(26,27)28)15-4-3-13(35-15)9-16-18(32)31(20(37)38-16)5-1-2-14-17(19(33)34)30-36-29-14/h3-4,6-9H,1-2,5H2,(H,33,34)/b16-9-. The van der Waals surface area contributed by atoms with Crippen LogP contribution in [0.15, 0.2) is 44.3 Å². The lowest BCUT2D eigenvalue weighted by atomic mass is 10.0. The maximum Gasteiger partial charge on any atom is 0.416 e. The fraction of sp³-hybridized carbons (Fsp3) is 0.227. The van der Waals surface area contributed by atoms with Crippen LogP contribution in [-0.4, -0.2) is 43.1 Å². The van der Waals surface area contributed by atoms with Crippen LogP contribution in [0.5, 0.6) is 0 Å². The Balaban J connectivity index is 1.50. The quantitative estimate of drug-likeness (QED) is 0.209. The number of amides is 1. The normalized spacial score (nSPS) is 15.6. The van der Waals surface area contributed by atoms with Crippen molar-refractivity contribution in [2.45, 2.75) is 25.2 Å². The first kappa shape index (κ1) is 27.4. The highest BCUT2D eigenvalue weighted by Crippen LogP contribution is 2.39. The minimum Gasteiger partial charge on any atom is -0.476 e. The molecule has 0 unspecified atom stereocenters. The predicted molar refractivity (Wildman–Crippen MR) is 124 cm³/mol. The summed E-state index contributed by atoms with van der Waals surface area (Å²) in [7, 11) is 0. The van der Waals surface area contributed by atoms with Crippen molar-refractivity contribution in [3.05, 3.63) is 63.5 Å². The molecule has 0 saturated carbocycles. The number of furan rings is 1. The molecule has 1 aliphatic heterocycles. The van der Waals surface area contributed by atoms with E-state index in [1.807, 2.05) is 0 Å². The number of nitrogens with zero attached hydrogens (tertiary/aromatic N) is 3. The third-order valence-corrected chi connectivity index (χ3v) is 6.58. The zero-order valence-corrected chi connectivity index (χ0v) is 20.2. The number of halogens is 6. The molecule has 4 rings (SSSR count). The molecule has 1 fully saturated rings. The van der Waals surface area contributed by atoms with E-state index in [2.05, 4.69) is 14.9 Å². The van der Waals surface area contributed by atoms with Crippen LogP contribution < -0.4 is 0 Å². The zero-order chi connectivity index (χ0) is 27.8. The van der Waals surface area contributed by atoms with Gasteiger partial charge in [-0.25, -0.2) is 9.42 Å². The van der Waals surface area contributed by atoms with Crippen LogP contribution in [0, 0.1) is 0 Å². The third kappa shape index (κ3) is 5.91. The summed E-state index contributed by atoms with van der Waals surface area (Å²) >= 11 is 6.13. The van der Waals surface area contributed by atoms with Crippen molar-refractivity contribution in [1.82, 2.24) is 15.2 Å². The van der Waals surface area contributed by atoms with Crippen molar-refractivity contribution in [3.63, 3.8) is 0 Å². The van der Waals surface area contributed by atoms with E-state index >= 15 is 0 Å². The molecule has 0 radical (unpaired) electrons. The number of hydrogen-bond donors (Lipinski definition) is 1. The number of aromatic carboxylic acids is 1. The van der Waals surface area contributed by atoms with E-state index in [1.165, 1.54) is 23.1 Å². The number of aryl methyl sites for hydroxylation is 1. The Morgan fingerprint density at radius 2 is 1.74 bits per heavy atom. The highest BCUT2D eigenvalue weighted by molar-refractivity contribution is 8.26. The molecular formula is C22H13F6N3O5S2. The fourth-order valence-corrected chi connectivity index (χ4v) is 4.73. The van der Waals surface area contributed by atoms with Crippen LogP contribution in [-0.2, 0) is 23.6 Å². The first-order chi connectivity index (χ1) is 17.7. The summed E-state index contributed by atoms with van der Waals surface area (Å²) in [6.45, 7) is 0.113. The van der Waals surface area contributed by atoms with Crippen molar-refractivity contribution in [1.29, 1.82) is 0 Å². The molecule has 1 aromatic carbocycles. The van der Waals surface area contributed by atoms with Gasteiger partial charge in [-0.15, -0.1) is 0 Å². The number of aromatic nitrogens is 2. The van der Waals surface area contributed by atoms with Crippen LogP contribution in [0.3, 0.4) is 0 Å². The van der Waals surface area contributed by atoms with Crippen molar-refractivity contribution >= 4 is 46.3 Å². The molecule has 1 aliphatic rings. The number of carboxylic acid groups (broad SMARTS) is 1. The molecule has 3 heterocycles. The SMILES string of the molecule is O=C(O)c1nonc1CCCN1C(=O)/C(=C/c2ccc(-c3cc(C(F)(F)F)cc(C(F)(F)F)c3)o2)SC1=S. The van der Waals surface area contributed by atoms with E-state index in [1.54, 1.807) is 0 Å². The maximum absolute atomic E-state index is 13.2. The first-order valence-electron chi connectivity index (χ1n) is 10.4. The monoisotopic (exact) mass is 577 g/mol. The second-order valence-corrected chi connectivity index (χ2v) is 9.47. The molecule has 3 aromatic rings. The van der Waals surface area contributed by atoms with Gasteiger partial charge in [-0.1, -0.05) is 29.1 Å². The molecule has 16 heteroatoms. The fourth-order valence-electron chi connectivity index (χ4n) is 3.44. The van der Waals surface area contributed by atoms with Crippen LogP contribution >= 0.6 is 24.0 Å². The summed E-state index contributed by atoms with van der Waals surface area (Å²) < 4.78 is 89.0. The highest BCUT2D eigenvalue weighted by atomic mass is 32.2. The number of alkyl halides is 6. The molecule has 1 amide bonds. The molecule has 38 heavy (non-hydrogen) atoms. The number of rotatable bonds is 7. The molecule has 0 spiro atoms. The Hall–Kier alpha value is -3.66. The third-order valence-electron chi connectivity index (χ3n) is 5.20. The van der Waals surface area contributed by atoms with E-state index in [0.717, 1.165) is 11.8 Å². The number of carbonyl (C=O) groups is 2. The van der Waals surface area contributed by atoms with Gasteiger partial charge in [0.05, 0.1) is 16.0 Å². The summed E-state index contributed by atoms with van der Waals surface area (Å²) in [6, 6.07) is 3.57.